The van der Waals surface area contributed by atoms with Crippen molar-refractivity contribution in [1.29, 1.82) is 0 Å². The number of carbonyl (C=O) groups is 1. The van der Waals surface area contributed by atoms with E-state index >= 15 is 0 Å². The Morgan fingerprint density at radius 2 is 2.17 bits per heavy atom. The van der Waals surface area contributed by atoms with Crippen molar-refractivity contribution >= 4 is 16.1 Å². The summed E-state index contributed by atoms with van der Waals surface area (Å²) in [4.78, 5) is 14.0. The molecular formula is C15H21N3O4S. The molecule has 1 amide bonds. The SMILES string of the molecule is CNS(=O)(=O)NCC(=O)N1CCOC2(CCc3ccccc32)C1. The predicted molar refractivity (Wildman–Crippen MR) is 85.0 cm³/mol. The van der Waals surface area contributed by atoms with Gasteiger partial charge in [0.05, 0.1) is 19.7 Å². The normalized spacial score (nSPS) is 24.0. The molecule has 1 atom stereocenters. The number of morpholine rings is 1. The molecule has 7 nitrogen and oxygen atoms in total. The van der Waals surface area contributed by atoms with Crippen LogP contribution in [0.1, 0.15) is 17.5 Å². The number of fused-ring (bicyclic) bond motifs is 2. The van der Waals surface area contributed by atoms with Crippen molar-refractivity contribution in [3.63, 3.8) is 0 Å². The molecular weight excluding hydrogens is 318 g/mol. The van der Waals surface area contributed by atoms with Crippen LogP contribution < -0.4 is 9.44 Å². The highest BCUT2D eigenvalue weighted by Crippen LogP contribution is 2.42. The second-order valence-electron chi connectivity index (χ2n) is 5.84. The summed E-state index contributed by atoms with van der Waals surface area (Å²) < 4.78 is 33.2. The van der Waals surface area contributed by atoms with E-state index in [9.17, 15) is 13.2 Å². The quantitative estimate of drug-likeness (QED) is 0.791. The molecule has 126 valence electrons. The van der Waals surface area contributed by atoms with Crippen LogP contribution in [0.2, 0.25) is 0 Å². The van der Waals surface area contributed by atoms with Gasteiger partial charge in [-0.3, -0.25) is 4.79 Å². The molecule has 1 saturated heterocycles. The zero-order chi connectivity index (χ0) is 16.5. The first kappa shape index (κ1) is 16.4. The molecule has 2 aliphatic rings. The van der Waals surface area contributed by atoms with Crippen molar-refractivity contribution in [2.75, 3.05) is 33.3 Å². The van der Waals surface area contributed by atoms with E-state index < -0.39 is 15.8 Å². The third kappa shape index (κ3) is 3.25. The predicted octanol–water partition coefficient (Wildman–Crippen LogP) is -0.259. The lowest BCUT2D eigenvalue weighted by molar-refractivity contribution is -0.151. The molecule has 0 saturated carbocycles. The topological polar surface area (TPSA) is 87.7 Å². The molecule has 1 heterocycles. The van der Waals surface area contributed by atoms with E-state index in [0.29, 0.717) is 19.7 Å². The fourth-order valence-corrected chi connectivity index (χ4v) is 3.76. The van der Waals surface area contributed by atoms with Crippen LogP contribution in [-0.4, -0.2) is 52.5 Å². The summed E-state index contributed by atoms with van der Waals surface area (Å²) in [5, 5.41) is 0. The van der Waals surface area contributed by atoms with E-state index in [-0.39, 0.29) is 12.5 Å². The Hall–Kier alpha value is -1.48. The van der Waals surface area contributed by atoms with Crippen LogP contribution in [0.4, 0.5) is 0 Å². The van der Waals surface area contributed by atoms with Gasteiger partial charge in [-0.1, -0.05) is 24.3 Å². The fourth-order valence-electron chi connectivity index (χ4n) is 3.31. The number of nitrogens with one attached hydrogen (secondary N) is 2. The molecule has 0 aromatic heterocycles. The van der Waals surface area contributed by atoms with E-state index in [4.69, 9.17) is 4.74 Å². The molecule has 3 rings (SSSR count). The van der Waals surface area contributed by atoms with E-state index in [1.54, 1.807) is 4.90 Å². The van der Waals surface area contributed by atoms with Gasteiger partial charge in [0.2, 0.25) is 5.91 Å². The van der Waals surface area contributed by atoms with Crippen molar-refractivity contribution in [3.05, 3.63) is 35.4 Å². The molecule has 1 unspecified atom stereocenters. The number of amides is 1. The van der Waals surface area contributed by atoms with Crippen LogP contribution in [-0.2, 0) is 31.8 Å². The van der Waals surface area contributed by atoms with Crippen LogP contribution in [0, 0.1) is 0 Å². The first-order valence-corrected chi connectivity index (χ1v) is 9.12. The largest absolute Gasteiger partial charge is 0.367 e. The third-order valence-corrected chi connectivity index (χ3v) is 5.59. The summed E-state index contributed by atoms with van der Waals surface area (Å²) in [6, 6.07) is 8.14. The van der Waals surface area contributed by atoms with E-state index in [0.717, 1.165) is 18.4 Å². The van der Waals surface area contributed by atoms with Gasteiger partial charge in [0.15, 0.2) is 0 Å². The second kappa shape index (κ2) is 6.20. The van der Waals surface area contributed by atoms with Crippen molar-refractivity contribution in [2.24, 2.45) is 0 Å². The Morgan fingerprint density at radius 3 is 2.96 bits per heavy atom. The zero-order valence-electron chi connectivity index (χ0n) is 13.0. The van der Waals surface area contributed by atoms with Crippen LogP contribution >= 0.6 is 0 Å². The van der Waals surface area contributed by atoms with E-state index in [2.05, 4.69) is 21.6 Å². The van der Waals surface area contributed by atoms with Gasteiger partial charge in [-0.2, -0.15) is 13.1 Å². The van der Waals surface area contributed by atoms with Gasteiger partial charge in [-0.05, 0) is 24.0 Å². The lowest BCUT2D eigenvalue weighted by Crippen LogP contribution is -2.53. The standard InChI is InChI=1S/C15H21N3O4S/c1-16-23(20,21)17-10-14(19)18-8-9-22-15(11-18)7-6-12-4-2-3-5-13(12)15/h2-5,16-17H,6-11H2,1H3. The minimum atomic E-state index is -3.61. The molecule has 1 aromatic carbocycles. The van der Waals surface area contributed by atoms with Crippen molar-refractivity contribution in [3.8, 4) is 0 Å². The lowest BCUT2D eigenvalue weighted by atomic mass is 9.93. The summed E-state index contributed by atoms with van der Waals surface area (Å²) in [5.74, 6) is -0.240. The highest BCUT2D eigenvalue weighted by atomic mass is 32.2. The van der Waals surface area contributed by atoms with Gasteiger partial charge in [0.1, 0.15) is 5.60 Å². The smallest absolute Gasteiger partial charge is 0.277 e. The summed E-state index contributed by atoms with van der Waals surface area (Å²) in [6.45, 7) is 1.15. The number of hydrogen-bond donors (Lipinski definition) is 2. The zero-order valence-corrected chi connectivity index (χ0v) is 13.9. The average molecular weight is 339 g/mol. The highest BCUT2D eigenvalue weighted by molar-refractivity contribution is 7.87. The van der Waals surface area contributed by atoms with Crippen LogP contribution in [0.25, 0.3) is 0 Å². The van der Waals surface area contributed by atoms with Gasteiger partial charge in [-0.15, -0.1) is 0 Å². The minimum Gasteiger partial charge on any atom is -0.367 e. The Bertz CT molecular complexity index is 702. The van der Waals surface area contributed by atoms with E-state index in [1.807, 2.05) is 12.1 Å². The number of benzene rings is 1. The minimum absolute atomic E-state index is 0.240. The summed E-state index contributed by atoms with van der Waals surface area (Å²) >= 11 is 0. The maximum absolute atomic E-state index is 12.3. The van der Waals surface area contributed by atoms with Gasteiger partial charge < -0.3 is 9.64 Å². The second-order valence-corrected chi connectivity index (χ2v) is 7.55. The fraction of sp³-hybridized carbons (Fsp3) is 0.533. The molecule has 8 heteroatoms. The summed E-state index contributed by atoms with van der Waals surface area (Å²) in [6.07, 6.45) is 1.78. The van der Waals surface area contributed by atoms with Gasteiger partial charge in [-0.25, -0.2) is 4.72 Å². The lowest BCUT2D eigenvalue weighted by Gasteiger charge is -2.41. The molecule has 1 aromatic rings. The van der Waals surface area contributed by atoms with Crippen LogP contribution in [0.5, 0.6) is 0 Å². The molecule has 23 heavy (non-hydrogen) atoms. The average Bonchev–Trinajstić information content (AvgIpc) is 2.91. The number of rotatable bonds is 4. The molecule has 2 N–H and O–H groups in total. The van der Waals surface area contributed by atoms with Crippen molar-refractivity contribution in [2.45, 2.75) is 18.4 Å². The number of hydrogen-bond acceptors (Lipinski definition) is 4. The van der Waals surface area contributed by atoms with Gasteiger partial charge >= 0.3 is 0 Å². The first-order valence-electron chi connectivity index (χ1n) is 7.64. The Morgan fingerprint density at radius 1 is 1.39 bits per heavy atom. The summed E-state index contributed by atoms with van der Waals surface area (Å²) in [7, 11) is -2.31. The Labute approximate surface area is 136 Å². The summed E-state index contributed by atoms with van der Waals surface area (Å²) in [5.41, 5.74) is 1.96. The van der Waals surface area contributed by atoms with Gasteiger partial charge in [0.25, 0.3) is 10.2 Å². The highest BCUT2D eigenvalue weighted by Gasteiger charge is 2.44. The number of nitrogens with zero attached hydrogens (tertiary/aromatic N) is 1. The monoisotopic (exact) mass is 339 g/mol. The molecule has 1 aliphatic carbocycles. The molecule has 0 radical (unpaired) electrons. The molecule has 1 spiro atoms. The van der Waals surface area contributed by atoms with E-state index in [1.165, 1.54) is 12.6 Å². The number of ether oxygens (including phenoxy) is 1. The number of carbonyl (C=O) groups excluding carboxylic acids is 1. The number of aryl methyl sites for hydroxylation is 1. The molecule has 1 fully saturated rings. The van der Waals surface area contributed by atoms with Crippen molar-refractivity contribution < 1.29 is 17.9 Å². The Balaban J connectivity index is 1.71. The Kier molecular flexibility index (Phi) is 4.41. The molecule has 0 bridgehead atoms. The maximum Gasteiger partial charge on any atom is 0.277 e. The molecule has 1 aliphatic heterocycles. The maximum atomic E-state index is 12.3. The third-order valence-electron chi connectivity index (χ3n) is 4.53. The van der Waals surface area contributed by atoms with Crippen molar-refractivity contribution in [1.82, 2.24) is 14.3 Å². The van der Waals surface area contributed by atoms with Gasteiger partial charge in [0, 0.05) is 13.6 Å². The first-order chi connectivity index (χ1) is 11.0. The van der Waals surface area contributed by atoms with Crippen LogP contribution in [0.15, 0.2) is 24.3 Å². The van der Waals surface area contributed by atoms with Crippen LogP contribution in [0.3, 0.4) is 0 Å².